The smallest absolute Gasteiger partial charge is 0.548 e. The maximum absolute atomic E-state index is 11.7. The minimum atomic E-state index is -1.38. The molecule has 0 aliphatic carbocycles. The van der Waals surface area contributed by atoms with E-state index >= 15 is 0 Å². The molecule has 0 aliphatic rings. The third-order valence-electron chi connectivity index (χ3n) is 3.81. The predicted molar refractivity (Wildman–Crippen MR) is 87.2 cm³/mol. The van der Waals surface area contributed by atoms with Gasteiger partial charge in [-0.05, 0) is 12.8 Å². The average molecular weight is 350 g/mol. The van der Waals surface area contributed by atoms with Gasteiger partial charge >= 0.3 is 29.6 Å². The van der Waals surface area contributed by atoms with Gasteiger partial charge in [0.2, 0.25) is 11.8 Å². The van der Waals surface area contributed by atoms with Crippen LogP contribution in [0.25, 0.3) is 0 Å². The van der Waals surface area contributed by atoms with E-state index in [1.54, 1.807) is 0 Å². The van der Waals surface area contributed by atoms with E-state index in [0.717, 1.165) is 19.3 Å². The van der Waals surface area contributed by atoms with Crippen LogP contribution in [0.2, 0.25) is 0 Å². The van der Waals surface area contributed by atoms with Crippen molar-refractivity contribution in [2.75, 3.05) is 0 Å². The van der Waals surface area contributed by atoms with Crippen LogP contribution < -0.4 is 45.7 Å². The summed E-state index contributed by atoms with van der Waals surface area (Å²) in [5.41, 5.74) is 4.97. The molecule has 6 nitrogen and oxygen atoms in total. The van der Waals surface area contributed by atoms with Crippen LogP contribution >= 0.6 is 0 Å². The Morgan fingerprint density at radius 3 is 1.88 bits per heavy atom. The Labute approximate surface area is 167 Å². The van der Waals surface area contributed by atoms with E-state index < -0.39 is 17.9 Å². The summed E-state index contributed by atoms with van der Waals surface area (Å²) < 4.78 is 0. The summed E-state index contributed by atoms with van der Waals surface area (Å²) in [6.07, 6.45) is 10.6. The van der Waals surface area contributed by atoms with E-state index in [9.17, 15) is 19.5 Å². The van der Waals surface area contributed by atoms with Crippen molar-refractivity contribution < 1.29 is 49.0 Å². The van der Waals surface area contributed by atoms with Crippen molar-refractivity contribution in [2.24, 2.45) is 5.73 Å². The molecular formula is C17H31N2NaO4. The Bertz CT molecular complexity index is 364. The molecule has 134 valence electrons. The molecule has 2 amide bonds. The van der Waals surface area contributed by atoms with E-state index in [-0.39, 0.29) is 48.3 Å². The molecule has 24 heavy (non-hydrogen) atoms. The van der Waals surface area contributed by atoms with Gasteiger partial charge in [-0.15, -0.1) is 0 Å². The van der Waals surface area contributed by atoms with Crippen LogP contribution in [0.1, 0.15) is 84.0 Å². The number of nitrogens with one attached hydrogen (secondary N) is 1. The number of unbranched alkanes of at least 4 members (excludes halogenated alkanes) is 8. The third kappa shape index (κ3) is 16.3. The number of hydrogen-bond donors (Lipinski definition) is 2. The number of rotatable bonds is 15. The van der Waals surface area contributed by atoms with Crippen LogP contribution in [-0.4, -0.2) is 23.8 Å². The van der Waals surface area contributed by atoms with Crippen LogP contribution in [0.4, 0.5) is 0 Å². The standard InChI is InChI=1S/C17H32N2O4.Na/c1-2-3-4-5-6-7-8-9-10-11-16(21)19-14(17(22)23)12-13-15(18)20;/h14H,2-13H2,1H3,(H2,18,20)(H,19,21)(H,22,23);/q;+1/p-1. The molecule has 0 saturated carbocycles. The molecule has 0 radical (unpaired) electrons. The average Bonchev–Trinajstić information content (AvgIpc) is 2.49. The van der Waals surface area contributed by atoms with Crippen LogP contribution in [0.5, 0.6) is 0 Å². The van der Waals surface area contributed by atoms with Crippen molar-refractivity contribution in [3.05, 3.63) is 0 Å². The van der Waals surface area contributed by atoms with Crippen molar-refractivity contribution in [3.63, 3.8) is 0 Å². The molecule has 3 N–H and O–H groups in total. The van der Waals surface area contributed by atoms with Gasteiger partial charge in [0, 0.05) is 12.8 Å². The monoisotopic (exact) mass is 350 g/mol. The maximum atomic E-state index is 11.7. The van der Waals surface area contributed by atoms with Gasteiger partial charge in [-0.2, -0.15) is 0 Å². The second-order valence-electron chi connectivity index (χ2n) is 6.02. The van der Waals surface area contributed by atoms with Gasteiger partial charge in [-0.25, -0.2) is 0 Å². The molecule has 0 heterocycles. The first-order valence-electron chi connectivity index (χ1n) is 8.75. The van der Waals surface area contributed by atoms with Gasteiger partial charge in [0.25, 0.3) is 0 Å². The van der Waals surface area contributed by atoms with E-state index in [2.05, 4.69) is 12.2 Å². The van der Waals surface area contributed by atoms with Gasteiger partial charge in [-0.3, -0.25) is 9.59 Å². The summed E-state index contributed by atoms with van der Waals surface area (Å²) in [4.78, 5) is 33.2. The van der Waals surface area contributed by atoms with Crippen molar-refractivity contribution in [2.45, 2.75) is 90.0 Å². The van der Waals surface area contributed by atoms with Crippen molar-refractivity contribution in [3.8, 4) is 0 Å². The largest absolute Gasteiger partial charge is 1.00 e. The summed E-state index contributed by atoms with van der Waals surface area (Å²) >= 11 is 0. The quantitative estimate of drug-likeness (QED) is 0.274. The zero-order valence-electron chi connectivity index (χ0n) is 15.3. The molecule has 0 fully saturated rings. The molecule has 1 unspecified atom stereocenters. The number of aliphatic carboxylic acids is 1. The van der Waals surface area contributed by atoms with Crippen LogP contribution in [0.3, 0.4) is 0 Å². The number of amides is 2. The summed E-state index contributed by atoms with van der Waals surface area (Å²) in [5.74, 6) is -2.29. The zero-order valence-corrected chi connectivity index (χ0v) is 17.3. The Balaban J connectivity index is 0. The minimum Gasteiger partial charge on any atom is -0.548 e. The van der Waals surface area contributed by atoms with Crippen molar-refractivity contribution in [1.29, 1.82) is 0 Å². The normalized spacial score (nSPS) is 11.4. The fraction of sp³-hybridized carbons (Fsp3) is 0.824. The number of primary amides is 1. The predicted octanol–water partition coefficient (Wildman–Crippen LogP) is -1.59. The molecule has 0 saturated heterocycles. The van der Waals surface area contributed by atoms with Gasteiger partial charge in [-0.1, -0.05) is 58.3 Å². The van der Waals surface area contributed by atoms with Gasteiger partial charge in [0.1, 0.15) is 0 Å². The fourth-order valence-corrected chi connectivity index (χ4v) is 2.40. The topological polar surface area (TPSA) is 112 Å². The Kier molecular flexibility index (Phi) is 18.4. The molecule has 1 atom stereocenters. The summed E-state index contributed by atoms with van der Waals surface area (Å²) in [5, 5.41) is 13.3. The third-order valence-corrected chi connectivity index (χ3v) is 3.81. The number of nitrogens with two attached hydrogens (primary N) is 1. The van der Waals surface area contributed by atoms with Crippen LogP contribution in [-0.2, 0) is 14.4 Å². The number of carbonyl (C=O) groups is 3. The van der Waals surface area contributed by atoms with E-state index in [4.69, 9.17) is 5.73 Å². The number of carboxylic acid groups (broad SMARTS) is 1. The maximum Gasteiger partial charge on any atom is 1.00 e. The molecular weight excluding hydrogens is 319 g/mol. The first kappa shape index (κ1) is 25.6. The van der Waals surface area contributed by atoms with Crippen LogP contribution in [0.15, 0.2) is 0 Å². The van der Waals surface area contributed by atoms with Gasteiger partial charge in [0.05, 0.1) is 12.0 Å². The molecule has 0 aromatic rings. The Hall–Kier alpha value is -0.590. The zero-order chi connectivity index (χ0) is 17.5. The van der Waals surface area contributed by atoms with E-state index in [0.29, 0.717) is 6.42 Å². The SMILES string of the molecule is CCCCCCCCCCCC(=O)NC(CCC(N)=O)C(=O)[O-].[Na+]. The minimum absolute atomic E-state index is 0. The van der Waals surface area contributed by atoms with Crippen molar-refractivity contribution >= 4 is 17.8 Å². The van der Waals surface area contributed by atoms with Gasteiger partial charge < -0.3 is 21.0 Å². The summed E-state index contributed by atoms with van der Waals surface area (Å²) in [6, 6.07) is -1.14. The Morgan fingerprint density at radius 2 is 1.42 bits per heavy atom. The van der Waals surface area contributed by atoms with E-state index in [1.807, 2.05) is 0 Å². The molecule has 7 heteroatoms. The number of hydrogen-bond acceptors (Lipinski definition) is 4. The molecule has 0 spiro atoms. The second kappa shape index (κ2) is 17.2. The van der Waals surface area contributed by atoms with Gasteiger partial charge in [0.15, 0.2) is 0 Å². The van der Waals surface area contributed by atoms with Crippen molar-refractivity contribution in [1.82, 2.24) is 5.32 Å². The Morgan fingerprint density at radius 1 is 0.917 bits per heavy atom. The second-order valence-corrected chi connectivity index (χ2v) is 6.02. The van der Waals surface area contributed by atoms with E-state index in [1.165, 1.54) is 38.5 Å². The first-order chi connectivity index (χ1) is 11.0. The molecule has 0 bridgehead atoms. The number of carboxylic acids is 1. The molecule has 0 aromatic carbocycles. The first-order valence-corrected chi connectivity index (χ1v) is 8.75. The van der Waals surface area contributed by atoms with Crippen LogP contribution in [0, 0.1) is 0 Å². The molecule has 0 rings (SSSR count). The number of carbonyl (C=O) groups excluding carboxylic acids is 3. The summed E-state index contributed by atoms with van der Waals surface area (Å²) in [6.45, 7) is 2.20. The summed E-state index contributed by atoms with van der Waals surface area (Å²) in [7, 11) is 0. The molecule has 0 aromatic heterocycles. The fourth-order valence-electron chi connectivity index (χ4n) is 2.40. The molecule has 0 aliphatic heterocycles.